The first kappa shape index (κ1) is 27.4. The number of benzene rings is 3. The molecule has 4 atom stereocenters. The highest BCUT2D eigenvalue weighted by Crippen LogP contribution is 2.50. The highest BCUT2D eigenvalue weighted by Gasteiger charge is 2.69. The second-order valence-corrected chi connectivity index (χ2v) is 10.7. The number of imide groups is 1. The molecule has 2 N–H and O–H groups in total. The standard InChI is InChI=1S/C32H30N4O6/c1-20-24(29(38)36(34(20)2)23-16-10-5-11-17-23)27-25-26(30(39)35(28(25)37)22-14-8-4-9-15-22)32(33-27,31(40)41)19-42-18-21-12-6-3-7-13-21/h3-17,25-27,33H,18-19H2,1-2H3,(H,40,41). The summed E-state index contributed by atoms with van der Waals surface area (Å²) in [5.74, 6) is -5.00. The van der Waals surface area contributed by atoms with Gasteiger partial charge in [0.2, 0.25) is 11.8 Å². The molecule has 214 valence electrons. The van der Waals surface area contributed by atoms with Gasteiger partial charge in [-0.3, -0.25) is 29.2 Å². The van der Waals surface area contributed by atoms with Crippen LogP contribution >= 0.6 is 0 Å². The molecular formula is C32H30N4O6. The van der Waals surface area contributed by atoms with Crippen LogP contribution in [0, 0.1) is 18.8 Å². The first-order valence-corrected chi connectivity index (χ1v) is 13.7. The molecule has 10 heteroatoms. The minimum Gasteiger partial charge on any atom is -0.480 e. The highest BCUT2D eigenvalue weighted by molar-refractivity contribution is 6.24. The quantitative estimate of drug-likeness (QED) is 0.315. The Balaban J connectivity index is 1.47. The predicted octanol–water partition coefficient (Wildman–Crippen LogP) is 2.97. The van der Waals surface area contributed by atoms with E-state index in [2.05, 4.69) is 5.32 Å². The maximum atomic E-state index is 14.1. The summed E-state index contributed by atoms with van der Waals surface area (Å²) in [6.07, 6.45) is 0. The Morgan fingerprint density at radius 3 is 2.05 bits per heavy atom. The average molecular weight is 567 g/mol. The number of nitrogens with one attached hydrogen (secondary N) is 1. The molecule has 6 rings (SSSR count). The number of ether oxygens (including phenoxy) is 1. The fourth-order valence-corrected chi connectivity index (χ4v) is 6.32. The molecule has 3 aromatic carbocycles. The molecule has 3 heterocycles. The molecule has 2 aliphatic rings. The number of carboxylic acids is 1. The maximum Gasteiger partial charge on any atom is 0.327 e. The van der Waals surface area contributed by atoms with E-state index in [9.17, 15) is 24.3 Å². The molecule has 2 aliphatic heterocycles. The van der Waals surface area contributed by atoms with Crippen LogP contribution in [0.5, 0.6) is 0 Å². The van der Waals surface area contributed by atoms with Crippen molar-refractivity contribution in [3.05, 3.63) is 118 Å². The molecule has 1 aromatic heterocycles. The summed E-state index contributed by atoms with van der Waals surface area (Å²) in [7, 11) is 1.73. The summed E-state index contributed by atoms with van der Waals surface area (Å²) in [6, 6.07) is 25.7. The van der Waals surface area contributed by atoms with Crippen molar-refractivity contribution in [1.29, 1.82) is 0 Å². The van der Waals surface area contributed by atoms with Crippen LogP contribution < -0.4 is 15.8 Å². The van der Waals surface area contributed by atoms with E-state index in [4.69, 9.17) is 4.74 Å². The van der Waals surface area contributed by atoms with Gasteiger partial charge in [0, 0.05) is 12.7 Å². The van der Waals surface area contributed by atoms with Gasteiger partial charge in [-0.25, -0.2) is 9.58 Å². The van der Waals surface area contributed by atoms with Crippen molar-refractivity contribution in [3.63, 3.8) is 0 Å². The number of hydrogen-bond donors (Lipinski definition) is 2. The Morgan fingerprint density at radius 1 is 0.881 bits per heavy atom. The van der Waals surface area contributed by atoms with Gasteiger partial charge in [-0.05, 0) is 36.8 Å². The van der Waals surface area contributed by atoms with Gasteiger partial charge in [0.25, 0.3) is 5.56 Å². The van der Waals surface area contributed by atoms with E-state index in [1.165, 1.54) is 4.68 Å². The number of aromatic nitrogens is 2. The van der Waals surface area contributed by atoms with Crippen LogP contribution in [0.3, 0.4) is 0 Å². The van der Waals surface area contributed by atoms with Crippen molar-refractivity contribution in [2.24, 2.45) is 18.9 Å². The summed E-state index contributed by atoms with van der Waals surface area (Å²) >= 11 is 0. The fraction of sp³-hybridized carbons (Fsp3) is 0.250. The normalized spacial score (nSPS) is 23.4. The number of nitrogens with zero attached hydrogens (tertiary/aromatic N) is 3. The largest absolute Gasteiger partial charge is 0.480 e. The summed E-state index contributed by atoms with van der Waals surface area (Å²) in [5, 5.41) is 13.8. The van der Waals surface area contributed by atoms with Gasteiger partial charge in [-0.2, -0.15) is 0 Å². The number of hydrogen-bond acceptors (Lipinski definition) is 6. The highest BCUT2D eigenvalue weighted by atomic mass is 16.5. The molecule has 10 nitrogen and oxygen atoms in total. The predicted molar refractivity (Wildman–Crippen MR) is 154 cm³/mol. The van der Waals surface area contributed by atoms with Gasteiger partial charge in [-0.1, -0.05) is 66.7 Å². The number of aliphatic carboxylic acids is 1. The summed E-state index contributed by atoms with van der Waals surface area (Å²) in [6.45, 7) is 1.46. The van der Waals surface area contributed by atoms with E-state index in [1.54, 1.807) is 61.1 Å². The minimum absolute atomic E-state index is 0.106. The second kappa shape index (κ2) is 10.6. The number of para-hydroxylation sites is 2. The molecule has 0 saturated carbocycles. The van der Waals surface area contributed by atoms with Crippen molar-refractivity contribution in [2.45, 2.75) is 25.1 Å². The second-order valence-electron chi connectivity index (χ2n) is 10.7. The van der Waals surface area contributed by atoms with E-state index in [-0.39, 0.29) is 12.2 Å². The van der Waals surface area contributed by atoms with Crippen molar-refractivity contribution in [3.8, 4) is 5.69 Å². The van der Waals surface area contributed by atoms with E-state index in [1.807, 2.05) is 48.5 Å². The third kappa shape index (κ3) is 4.18. The lowest BCUT2D eigenvalue weighted by atomic mass is 9.79. The number of carbonyl (C=O) groups excluding carboxylic acids is 2. The van der Waals surface area contributed by atoms with Gasteiger partial charge in [-0.15, -0.1) is 0 Å². The molecular weight excluding hydrogens is 536 g/mol. The monoisotopic (exact) mass is 566 g/mol. The lowest BCUT2D eigenvalue weighted by Gasteiger charge is -2.30. The van der Waals surface area contributed by atoms with Gasteiger partial charge < -0.3 is 9.84 Å². The average Bonchev–Trinajstić information content (AvgIpc) is 3.56. The summed E-state index contributed by atoms with van der Waals surface area (Å²) in [4.78, 5) is 56.3. The van der Waals surface area contributed by atoms with Crippen molar-refractivity contribution in [2.75, 3.05) is 11.5 Å². The molecule has 0 aliphatic carbocycles. The molecule has 0 radical (unpaired) electrons. The van der Waals surface area contributed by atoms with Crippen molar-refractivity contribution < 1.29 is 24.2 Å². The Labute approximate surface area is 241 Å². The number of carboxylic acid groups (broad SMARTS) is 1. The molecule has 4 unspecified atom stereocenters. The van der Waals surface area contributed by atoms with E-state index in [0.717, 1.165) is 10.5 Å². The SMILES string of the molecule is Cc1c(C2NC(COCc3ccccc3)(C(=O)O)C3C(=O)N(c4ccccc4)C(=O)C23)c(=O)n(-c2ccccc2)n1C. The number of anilines is 1. The lowest BCUT2D eigenvalue weighted by molar-refractivity contribution is -0.152. The van der Waals surface area contributed by atoms with Crippen LogP contribution in [-0.2, 0) is 32.8 Å². The summed E-state index contributed by atoms with van der Waals surface area (Å²) < 4.78 is 9.08. The maximum absolute atomic E-state index is 14.1. The van der Waals surface area contributed by atoms with Crippen molar-refractivity contribution >= 4 is 23.5 Å². The van der Waals surface area contributed by atoms with Crippen molar-refractivity contribution in [1.82, 2.24) is 14.7 Å². The molecule has 42 heavy (non-hydrogen) atoms. The molecule has 2 amide bonds. The molecule has 2 fully saturated rings. The van der Waals surface area contributed by atoms with E-state index >= 15 is 0 Å². The van der Waals surface area contributed by atoms with Gasteiger partial charge in [0.1, 0.15) is 0 Å². The van der Waals surface area contributed by atoms with Crippen LogP contribution in [0.25, 0.3) is 5.69 Å². The van der Waals surface area contributed by atoms with Gasteiger partial charge in [0.15, 0.2) is 5.54 Å². The van der Waals surface area contributed by atoms with Crippen LogP contribution in [0.2, 0.25) is 0 Å². The van der Waals surface area contributed by atoms with E-state index in [0.29, 0.717) is 17.1 Å². The number of rotatable bonds is 8. The van der Waals surface area contributed by atoms with Crippen LogP contribution in [0.4, 0.5) is 5.69 Å². The third-order valence-electron chi connectivity index (χ3n) is 8.40. The fourth-order valence-electron chi connectivity index (χ4n) is 6.32. The molecule has 2 saturated heterocycles. The first-order valence-electron chi connectivity index (χ1n) is 13.7. The van der Waals surface area contributed by atoms with Gasteiger partial charge >= 0.3 is 5.97 Å². The lowest BCUT2D eigenvalue weighted by Crippen LogP contribution is -2.59. The van der Waals surface area contributed by atoms with Gasteiger partial charge in [0.05, 0.1) is 48.0 Å². The summed E-state index contributed by atoms with van der Waals surface area (Å²) in [5.41, 5.74) is 0.201. The number of fused-ring (bicyclic) bond motifs is 1. The zero-order valence-electron chi connectivity index (χ0n) is 23.1. The molecule has 4 aromatic rings. The van der Waals surface area contributed by atoms with E-state index < -0.39 is 53.4 Å². The third-order valence-corrected chi connectivity index (χ3v) is 8.40. The topological polar surface area (TPSA) is 123 Å². The smallest absolute Gasteiger partial charge is 0.327 e. The number of carbonyl (C=O) groups is 3. The zero-order chi connectivity index (χ0) is 29.6. The van der Waals surface area contributed by atoms with Crippen LogP contribution in [0.15, 0.2) is 95.8 Å². The Kier molecular flexibility index (Phi) is 6.88. The number of amides is 2. The Hall–Kier alpha value is -4.80. The Bertz CT molecular complexity index is 1720. The Morgan fingerprint density at radius 2 is 1.45 bits per heavy atom. The molecule has 0 bridgehead atoms. The molecule has 0 spiro atoms. The first-order chi connectivity index (χ1) is 20.3. The zero-order valence-corrected chi connectivity index (χ0v) is 23.1. The van der Waals surface area contributed by atoms with Crippen LogP contribution in [0.1, 0.15) is 22.9 Å². The minimum atomic E-state index is -1.97. The van der Waals surface area contributed by atoms with Crippen LogP contribution in [-0.4, -0.2) is 44.4 Å².